The monoisotopic (exact) mass is 340 g/mol. The molecule has 1 heterocycles. The van der Waals surface area contributed by atoms with Crippen LogP contribution in [-0.2, 0) is 0 Å². The molecule has 0 aromatic carbocycles. The molecular weight excluding hydrogens is 308 g/mol. The lowest BCUT2D eigenvalue weighted by molar-refractivity contribution is 0.679. The fraction of sp³-hybridized carbons (Fsp3) is 0.619. The van der Waals surface area contributed by atoms with Crippen LogP contribution in [0.3, 0.4) is 0 Å². The highest BCUT2D eigenvalue weighted by molar-refractivity contribution is 5.47. The summed E-state index contributed by atoms with van der Waals surface area (Å²) in [6, 6.07) is 2.04. The molecule has 1 aromatic heterocycles. The molecule has 25 heavy (non-hydrogen) atoms. The van der Waals surface area contributed by atoms with Gasteiger partial charge in [0.15, 0.2) is 0 Å². The van der Waals surface area contributed by atoms with Gasteiger partial charge in [0, 0.05) is 19.2 Å². The summed E-state index contributed by atoms with van der Waals surface area (Å²) in [5, 5.41) is 6.94. The maximum Gasteiger partial charge on any atom is 0.131 e. The zero-order valence-electron chi connectivity index (χ0n) is 15.6. The van der Waals surface area contributed by atoms with E-state index in [4.69, 9.17) is 0 Å². The Balaban J connectivity index is 1.46. The lowest BCUT2D eigenvalue weighted by Gasteiger charge is -2.15. The van der Waals surface area contributed by atoms with E-state index < -0.39 is 0 Å². The number of hydrogen-bond donors (Lipinski definition) is 2. The fourth-order valence-corrected chi connectivity index (χ4v) is 3.71. The molecule has 2 N–H and O–H groups in total. The van der Waals surface area contributed by atoms with Gasteiger partial charge in [0.1, 0.15) is 17.5 Å². The van der Waals surface area contributed by atoms with Crippen molar-refractivity contribution in [2.45, 2.75) is 71.1 Å². The van der Waals surface area contributed by atoms with Crippen molar-refractivity contribution < 1.29 is 0 Å². The van der Waals surface area contributed by atoms with Gasteiger partial charge in [-0.05, 0) is 71.1 Å². The lowest BCUT2D eigenvalue weighted by atomic mass is 9.97. The number of nitrogens with zero attached hydrogens (tertiary/aromatic N) is 2. The predicted molar refractivity (Wildman–Crippen MR) is 106 cm³/mol. The van der Waals surface area contributed by atoms with Crippen molar-refractivity contribution in [2.75, 3.05) is 23.7 Å². The highest BCUT2D eigenvalue weighted by Crippen LogP contribution is 2.21. The summed E-state index contributed by atoms with van der Waals surface area (Å²) in [4.78, 5) is 9.04. The van der Waals surface area contributed by atoms with Crippen molar-refractivity contribution in [1.82, 2.24) is 9.97 Å². The van der Waals surface area contributed by atoms with Crippen LogP contribution in [0.2, 0.25) is 0 Å². The number of rotatable bonds is 8. The minimum Gasteiger partial charge on any atom is -0.370 e. The normalized spacial score (nSPS) is 17.6. The van der Waals surface area contributed by atoms with Gasteiger partial charge >= 0.3 is 0 Å². The summed E-state index contributed by atoms with van der Waals surface area (Å²) in [5.74, 6) is 2.69. The Labute approximate surface area is 152 Å². The molecule has 0 unspecified atom stereocenters. The maximum atomic E-state index is 4.52. The fourth-order valence-electron chi connectivity index (χ4n) is 3.71. The number of anilines is 2. The highest BCUT2D eigenvalue weighted by atomic mass is 15.1. The topological polar surface area (TPSA) is 49.8 Å². The van der Waals surface area contributed by atoms with E-state index in [0.29, 0.717) is 0 Å². The van der Waals surface area contributed by atoms with Crippen molar-refractivity contribution in [2.24, 2.45) is 0 Å². The summed E-state index contributed by atoms with van der Waals surface area (Å²) < 4.78 is 0. The average Bonchev–Trinajstić information content (AvgIpc) is 2.63. The first-order valence-electron chi connectivity index (χ1n) is 9.99. The smallest absolute Gasteiger partial charge is 0.131 e. The van der Waals surface area contributed by atoms with E-state index in [1.54, 1.807) is 11.1 Å². The standard InChI is InChI=1S/C21H32N4/c1-17-24-20(22-14-12-18-8-4-2-5-9-18)16-21(25-17)23-15-13-19-10-6-3-7-11-19/h8,10,16H,2-7,9,11-15H2,1H3,(H2,22,23,24,25). The Bertz CT molecular complexity index is 568. The number of hydrogen-bond acceptors (Lipinski definition) is 4. The van der Waals surface area contributed by atoms with Gasteiger partial charge in [0.25, 0.3) is 0 Å². The summed E-state index contributed by atoms with van der Waals surface area (Å²) in [6.45, 7) is 3.87. The molecule has 1 aromatic rings. The molecule has 4 nitrogen and oxygen atoms in total. The second-order valence-electron chi connectivity index (χ2n) is 7.26. The molecule has 0 atom stereocenters. The van der Waals surface area contributed by atoms with Crippen LogP contribution < -0.4 is 10.6 Å². The zero-order chi connectivity index (χ0) is 17.3. The Morgan fingerprint density at radius 2 is 1.32 bits per heavy atom. The maximum absolute atomic E-state index is 4.52. The van der Waals surface area contributed by atoms with Crippen LogP contribution in [0.5, 0.6) is 0 Å². The first kappa shape index (κ1) is 18.0. The average molecular weight is 341 g/mol. The molecule has 0 amide bonds. The van der Waals surface area contributed by atoms with Crippen molar-refractivity contribution in [3.05, 3.63) is 35.2 Å². The van der Waals surface area contributed by atoms with Crippen molar-refractivity contribution in [1.29, 1.82) is 0 Å². The van der Waals surface area contributed by atoms with Crippen LogP contribution in [0.1, 0.15) is 70.0 Å². The van der Waals surface area contributed by atoms with E-state index in [0.717, 1.165) is 43.4 Å². The number of aromatic nitrogens is 2. The van der Waals surface area contributed by atoms with Gasteiger partial charge in [-0.3, -0.25) is 0 Å². The van der Waals surface area contributed by atoms with Gasteiger partial charge in [-0.15, -0.1) is 0 Å². The molecule has 136 valence electrons. The Morgan fingerprint density at radius 3 is 1.76 bits per heavy atom. The summed E-state index contributed by atoms with van der Waals surface area (Å²) in [5.41, 5.74) is 3.20. The van der Waals surface area contributed by atoms with Crippen LogP contribution in [0.15, 0.2) is 29.4 Å². The summed E-state index contributed by atoms with van der Waals surface area (Å²) in [7, 11) is 0. The van der Waals surface area contributed by atoms with Gasteiger partial charge in [0.05, 0.1) is 0 Å². The van der Waals surface area contributed by atoms with Gasteiger partial charge in [-0.1, -0.05) is 23.3 Å². The van der Waals surface area contributed by atoms with Crippen molar-refractivity contribution in [3.63, 3.8) is 0 Å². The van der Waals surface area contributed by atoms with Crippen LogP contribution >= 0.6 is 0 Å². The second kappa shape index (κ2) is 9.59. The van der Waals surface area contributed by atoms with Gasteiger partial charge < -0.3 is 10.6 Å². The van der Waals surface area contributed by atoms with Gasteiger partial charge in [-0.2, -0.15) is 0 Å². The van der Waals surface area contributed by atoms with E-state index in [2.05, 4.69) is 32.8 Å². The molecule has 0 fully saturated rings. The van der Waals surface area contributed by atoms with Gasteiger partial charge in [-0.25, -0.2) is 9.97 Å². The SMILES string of the molecule is Cc1nc(NCCC2=CCCCC2)cc(NCCC2=CCCCC2)n1. The molecule has 0 radical (unpaired) electrons. The summed E-state index contributed by atoms with van der Waals surface area (Å²) >= 11 is 0. The molecule has 0 saturated carbocycles. The summed E-state index contributed by atoms with van der Waals surface area (Å²) in [6.07, 6.45) is 17.6. The van der Waals surface area contributed by atoms with E-state index in [1.807, 2.05) is 13.0 Å². The number of aryl methyl sites for hydroxylation is 1. The van der Waals surface area contributed by atoms with E-state index in [1.165, 1.54) is 51.4 Å². The third kappa shape index (κ3) is 6.18. The van der Waals surface area contributed by atoms with Crippen molar-refractivity contribution >= 4 is 11.6 Å². The minimum absolute atomic E-state index is 0.821. The molecule has 0 aliphatic heterocycles. The second-order valence-corrected chi connectivity index (χ2v) is 7.26. The number of nitrogens with one attached hydrogen (secondary N) is 2. The number of allylic oxidation sites excluding steroid dienone is 2. The quantitative estimate of drug-likeness (QED) is 0.623. The van der Waals surface area contributed by atoms with Crippen molar-refractivity contribution in [3.8, 4) is 0 Å². The Hall–Kier alpha value is -1.84. The molecule has 0 bridgehead atoms. The van der Waals surface area contributed by atoms with Gasteiger partial charge in [0.2, 0.25) is 0 Å². The van der Waals surface area contributed by atoms with E-state index >= 15 is 0 Å². The Morgan fingerprint density at radius 1 is 0.800 bits per heavy atom. The third-order valence-electron chi connectivity index (χ3n) is 5.11. The van der Waals surface area contributed by atoms with E-state index in [-0.39, 0.29) is 0 Å². The van der Waals surface area contributed by atoms with Crippen LogP contribution in [-0.4, -0.2) is 23.1 Å². The lowest BCUT2D eigenvalue weighted by Crippen LogP contribution is -2.10. The van der Waals surface area contributed by atoms with Crippen LogP contribution in [0, 0.1) is 6.92 Å². The molecule has 0 spiro atoms. The van der Waals surface area contributed by atoms with Crippen LogP contribution in [0.25, 0.3) is 0 Å². The molecule has 2 aliphatic rings. The molecule has 0 saturated heterocycles. The largest absolute Gasteiger partial charge is 0.370 e. The molecule has 4 heteroatoms. The molecular formula is C21H32N4. The predicted octanol–water partition coefficient (Wildman–Crippen LogP) is 5.39. The minimum atomic E-state index is 0.821. The molecule has 3 rings (SSSR count). The van der Waals surface area contributed by atoms with E-state index in [9.17, 15) is 0 Å². The first-order chi connectivity index (χ1) is 12.3. The third-order valence-corrected chi connectivity index (χ3v) is 5.11. The van der Waals surface area contributed by atoms with Crippen LogP contribution in [0.4, 0.5) is 11.6 Å². The Kier molecular flexibility index (Phi) is 6.89. The first-order valence-corrected chi connectivity index (χ1v) is 9.99. The zero-order valence-corrected chi connectivity index (χ0v) is 15.6. The molecule has 2 aliphatic carbocycles. The highest BCUT2D eigenvalue weighted by Gasteiger charge is 2.06.